The zero-order valence-electron chi connectivity index (χ0n) is 16.0. The standard InChI is InChI=1S/C21H20BrF2N2O2S/c1-14-7-9-26(2,10-8-14)20-13-25(21-18(20)11-16(23)12-19(21)24)29(27,28)17-5-3-15(22)4-6-17/h3-7,11-13H,8-10H2,1-2H3/q+1. The highest BCUT2D eigenvalue weighted by atomic mass is 79.9. The van der Waals surface area contributed by atoms with Crippen LogP contribution >= 0.6 is 15.9 Å². The molecule has 1 aliphatic rings. The first-order valence-electron chi connectivity index (χ1n) is 9.14. The van der Waals surface area contributed by atoms with Gasteiger partial charge in [0.25, 0.3) is 10.0 Å². The van der Waals surface area contributed by atoms with Crippen LogP contribution < -0.4 is 4.48 Å². The van der Waals surface area contributed by atoms with Gasteiger partial charge in [0, 0.05) is 17.0 Å². The molecule has 0 amide bonds. The van der Waals surface area contributed by atoms with E-state index in [1.54, 1.807) is 12.1 Å². The molecule has 29 heavy (non-hydrogen) atoms. The fourth-order valence-corrected chi connectivity index (χ4v) is 5.40. The SMILES string of the molecule is CC1=CC[N+](C)(c2cn(S(=O)(=O)c3ccc(Br)cc3)c3c(F)cc(F)cc23)CC1. The van der Waals surface area contributed by atoms with Crippen LogP contribution in [0.2, 0.25) is 0 Å². The molecule has 0 saturated heterocycles. The number of fused-ring (bicyclic) bond motifs is 1. The number of likely N-dealkylation sites (N-methyl/N-ethyl adjacent to an activating group) is 1. The summed E-state index contributed by atoms with van der Waals surface area (Å²) in [5.41, 5.74) is 1.71. The summed E-state index contributed by atoms with van der Waals surface area (Å²) in [7, 11) is -2.11. The Labute approximate surface area is 176 Å². The van der Waals surface area contributed by atoms with Gasteiger partial charge in [-0.1, -0.05) is 21.5 Å². The Hall–Kier alpha value is -2.03. The smallest absolute Gasteiger partial charge is 0.268 e. The van der Waals surface area contributed by atoms with Crippen molar-refractivity contribution in [3.8, 4) is 0 Å². The predicted molar refractivity (Wildman–Crippen MR) is 114 cm³/mol. The molecule has 2 aromatic carbocycles. The van der Waals surface area contributed by atoms with Crippen LogP contribution in [-0.2, 0) is 10.0 Å². The van der Waals surface area contributed by atoms with Gasteiger partial charge in [-0.2, -0.15) is 0 Å². The van der Waals surface area contributed by atoms with Crippen LogP contribution in [-0.4, -0.2) is 32.5 Å². The van der Waals surface area contributed by atoms with Gasteiger partial charge in [-0.05, 0) is 43.3 Å². The van der Waals surface area contributed by atoms with Gasteiger partial charge in [0.1, 0.15) is 17.9 Å². The molecule has 1 unspecified atom stereocenters. The fourth-order valence-electron chi connectivity index (χ4n) is 3.76. The second-order valence-corrected chi connectivity index (χ2v) is 10.4. The predicted octanol–water partition coefficient (Wildman–Crippen LogP) is 5.21. The molecule has 0 saturated carbocycles. The Morgan fingerprint density at radius 3 is 2.45 bits per heavy atom. The average molecular weight is 482 g/mol. The third-order valence-electron chi connectivity index (χ3n) is 5.56. The lowest BCUT2D eigenvalue weighted by Crippen LogP contribution is -2.48. The Bertz CT molecular complexity index is 1250. The lowest BCUT2D eigenvalue weighted by atomic mass is 10.1. The topological polar surface area (TPSA) is 39.1 Å². The number of quaternary nitrogens is 1. The molecule has 8 heteroatoms. The molecule has 2 heterocycles. The molecular formula is C21H20BrF2N2O2S+. The van der Waals surface area contributed by atoms with E-state index in [1.807, 2.05) is 14.0 Å². The molecule has 3 aromatic rings. The van der Waals surface area contributed by atoms with E-state index in [4.69, 9.17) is 0 Å². The number of benzene rings is 2. The summed E-state index contributed by atoms with van der Waals surface area (Å²) >= 11 is 3.28. The monoisotopic (exact) mass is 481 g/mol. The zero-order valence-corrected chi connectivity index (χ0v) is 18.4. The Morgan fingerprint density at radius 2 is 1.83 bits per heavy atom. The third kappa shape index (κ3) is 3.43. The summed E-state index contributed by atoms with van der Waals surface area (Å²) in [6.07, 6.45) is 4.37. The molecule has 0 radical (unpaired) electrons. The van der Waals surface area contributed by atoms with Gasteiger partial charge in [-0.15, -0.1) is 0 Å². The zero-order chi connectivity index (χ0) is 21.0. The number of rotatable bonds is 3. The number of aromatic nitrogens is 1. The first-order chi connectivity index (χ1) is 13.6. The Balaban J connectivity index is 2.00. The minimum Gasteiger partial charge on any atom is -0.288 e. The van der Waals surface area contributed by atoms with E-state index < -0.39 is 21.7 Å². The molecule has 0 aliphatic carbocycles. The number of hydrogen-bond donors (Lipinski definition) is 0. The van der Waals surface area contributed by atoms with Gasteiger partial charge in [0.05, 0.1) is 30.1 Å². The van der Waals surface area contributed by atoms with E-state index in [2.05, 4.69) is 22.0 Å². The van der Waals surface area contributed by atoms with E-state index in [0.29, 0.717) is 16.7 Å². The lowest BCUT2D eigenvalue weighted by molar-refractivity contribution is 0.354. The van der Waals surface area contributed by atoms with Gasteiger partial charge in [-0.3, -0.25) is 4.48 Å². The van der Waals surface area contributed by atoms with Gasteiger partial charge < -0.3 is 0 Å². The van der Waals surface area contributed by atoms with Crippen LogP contribution in [0, 0.1) is 11.6 Å². The van der Waals surface area contributed by atoms with E-state index in [0.717, 1.165) is 27.5 Å². The number of nitrogens with zero attached hydrogens (tertiary/aromatic N) is 2. The van der Waals surface area contributed by atoms with Crippen LogP contribution in [0.3, 0.4) is 0 Å². The summed E-state index contributed by atoms with van der Waals surface area (Å²) in [5, 5.41) is 0.277. The van der Waals surface area contributed by atoms with Crippen molar-refractivity contribution in [1.82, 2.24) is 8.46 Å². The van der Waals surface area contributed by atoms with Crippen LogP contribution in [0.4, 0.5) is 14.5 Å². The third-order valence-corrected chi connectivity index (χ3v) is 7.76. The highest BCUT2D eigenvalue weighted by molar-refractivity contribution is 9.10. The van der Waals surface area contributed by atoms with Crippen molar-refractivity contribution in [2.75, 3.05) is 20.1 Å². The maximum absolute atomic E-state index is 14.8. The van der Waals surface area contributed by atoms with E-state index in [1.165, 1.54) is 30.0 Å². The van der Waals surface area contributed by atoms with Crippen molar-refractivity contribution in [2.24, 2.45) is 0 Å². The molecular weight excluding hydrogens is 462 g/mol. The molecule has 4 rings (SSSR count). The van der Waals surface area contributed by atoms with Crippen molar-refractivity contribution >= 4 is 42.5 Å². The molecule has 152 valence electrons. The van der Waals surface area contributed by atoms with E-state index >= 15 is 0 Å². The van der Waals surface area contributed by atoms with Crippen LogP contribution in [0.25, 0.3) is 10.9 Å². The van der Waals surface area contributed by atoms with Crippen molar-refractivity contribution in [1.29, 1.82) is 0 Å². The molecule has 4 nitrogen and oxygen atoms in total. The first kappa shape index (κ1) is 20.3. The summed E-state index contributed by atoms with van der Waals surface area (Å²) in [6.45, 7) is 3.39. The largest absolute Gasteiger partial charge is 0.288 e. The number of halogens is 3. The molecule has 1 atom stereocenters. The lowest BCUT2D eigenvalue weighted by Gasteiger charge is -2.35. The van der Waals surface area contributed by atoms with Gasteiger partial charge in [0.2, 0.25) is 0 Å². The van der Waals surface area contributed by atoms with Gasteiger partial charge in [0.15, 0.2) is 11.5 Å². The molecule has 0 fully saturated rings. The molecule has 0 bridgehead atoms. The highest BCUT2D eigenvalue weighted by Crippen LogP contribution is 2.38. The van der Waals surface area contributed by atoms with E-state index in [-0.39, 0.29) is 15.8 Å². The van der Waals surface area contributed by atoms with E-state index in [9.17, 15) is 17.2 Å². The second-order valence-electron chi connectivity index (χ2n) is 7.66. The molecule has 0 N–H and O–H groups in total. The van der Waals surface area contributed by atoms with Gasteiger partial charge in [-0.25, -0.2) is 21.2 Å². The average Bonchev–Trinajstić information content (AvgIpc) is 3.06. The van der Waals surface area contributed by atoms with Crippen molar-refractivity contribution in [3.63, 3.8) is 0 Å². The first-order valence-corrected chi connectivity index (χ1v) is 11.4. The van der Waals surface area contributed by atoms with Crippen LogP contribution in [0.1, 0.15) is 13.3 Å². The quantitative estimate of drug-likeness (QED) is 0.380. The van der Waals surface area contributed by atoms with Crippen molar-refractivity contribution in [2.45, 2.75) is 18.2 Å². The van der Waals surface area contributed by atoms with Crippen molar-refractivity contribution < 1.29 is 17.2 Å². The van der Waals surface area contributed by atoms with Gasteiger partial charge >= 0.3 is 0 Å². The van der Waals surface area contributed by atoms with Crippen LogP contribution in [0.15, 0.2) is 63.6 Å². The molecule has 0 spiro atoms. The number of hydrogen-bond acceptors (Lipinski definition) is 2. The molecule has 1 aliphatic heterocycles. The summed E-state index contributed by atoms with van der Waals surface area (Å²) in [5.74, 6) is -1.63. The Morgan fingerprint density at radius 1 is 1.14 bits per heavy atom. The highest BCUT2D eigenvalue weighted by Gasteiger charge is 2.34. The maximum atomic E-state index is 14.8. The minimum atomic E-state index is -4.07. The van der Waals surface area contributed by atoms with Crippen LogP contribution in [0.5, 0.6) is 0 Å². The summed E-state index contributed by atoms with van der Waals surface area (Å²) in [4.78, 5) is 0.0323. The normalized spacial score (nSPS) is 20.1. The summed E-state index contributed by atoms with van der Waals surface area (Å²) in [6, 6.07) is 8.07. The minimum absolute atomic E-state index is 0.0323. The maximum Gasteiger partial charge on any atom is 0.268 e. The fraction of sp³-hybridized carbons (Fsp3) is 0.238. The summed E-state index contributed by atoms with van der Waals surface area (Å²) < 4.78 is 57.6. The molecule has 1 aromatic heterocycles. The van der Waals surface area contributed by atoms with Crippen molar-refractivity contribution in [3.05, 3.63) is 70.4 Å². The Kier molecular flexibility index (Phi) is 4.91. The second kappa shape index (κ2) is 7.04.